The lowest BCUT2D eigenvalue weighted by molar-refractivity contribution is -0.134. The van der Waals surface area contributed by atoms with Crippen molar-refractivity contribution >= 4 is 50.6 Å². The fourth-order valence-corrected chi connectivity index (χ4v) is 3.74. The molecule has 0 saturated carbocycles. The van der Waals surface area contributed by atoms with Gasteiger partial charge < -0.3 is 14.2 Å². The Labute approximate surface area is 187 Å². The lowest BCUT2D eigenvalue weighted by Gasteiger charge is -2.11. The zero-order valence-corrected chi connectivity index (χ0v) is 18.4. The van der Waals surface area contributed by atoms with Gasteiger partial charge in [0, 0.05) is 12.0 Å². The molecular formula is C24H18BrNO5. The summed E-state index contributed by atoms with van der Waals surface area (Å²) in [6, 6.07) is 17.0. The SMILES string of the molecule is CCC(=O)Oc1c(Br)cc(C=C2N=C(c3cccc4ccccc34)OC2=O)cc1OC. The Hall–Kier alpha value is -3.45. The van der Waals surface area contributed by atoms with Crippen molar-refractivity contribution in [3.63, 3.8) is 0 Å². The fourth-order valence-electron chi connectivity index (χ4n) is 3.20. The number of cyclic esters (lactones) is 1. The van der Waals surface area contributed by atoms with E-state index < -0.39 is 5.97 Å². The monoisotopic (exact) mass is 479 g/mol. The number of fused-ring (bicyclic) bond motifs is 1. The maximum absolute atomic E-state index is 12.5. The lowest BCUT2D eigenvalue weighted by atomic mass is 10.0. The number of benzene rings is 3. The van der Waals surface area contributed by atoms with Gasteiger partial charge in [-0.05, 0) is 56.5 Å². The Morgan fingerprint density at radius 3 is 2.71 bits per heavy atom. The van der Waals surface area contributed by atoms with Crippen LogP contribution in [0.4, 0.5) is 0 Å². The van der Waals surface area contributed by atoms with Gasteiger partial charge in [0.1, 0.15) is 0 Å². The minimum absolute atomic E-state index is 0.162. The van der Waals surface area contributed by atoms with Gasteiger partial charge in [0.2, 0.25) is 5.90 Å². The van der Waals surface area contributed by atoms with E-state index >= 15 is 0 Å². The van der Waals surface area contributed by atoms with Crippen molar-refractivity contribution in [2.24, 2.45) is 4.99 Å². The van der Waals surface area contributed by atoms with Crippen LogP contribution in [0.25, 0.3) is 16.8 Å². The van der Waals surface area contributed by atoms with Gasteiger partial charge in [-0.25, -0.2) is 9.79 Å². The van der Waals surface area contributed by atoms with E-state index in [2.05, 4.69) is 20.9 Å². The number of aliphatic imine (C=N–C) groups is 1. The van der Waals surface area contributed by atoms with E-state index in [1.54, 1.807) is 25.1 Å². The van der Waals surface area contributed by atoms with Gasteiger partial charge in [0.25, 0.3) is 0 Å². The molecule has 0 atom stereocenters. The van der Waals surface area contributed by atoms with Crippen LogP contribution in [0.5, 0.6) is 11.5 Å². The molecule has 0 bridgehead atoms. The number of nitrogens with zero attached hydrogens (tertiary/aromatic N) is 1. The Morgan fingerprint density at radius 2 is 1.94 bits per heavy atom. The Bertz CT molecular complexity index is 1260. The average molecular weight is 480 g/mol. The van der Waals surface area contributed by atoms with Gasteiger partial charge in [0.05, 0.1) is 11.6 Å². The van der Waals surface area contributed by atoms with Crippen LogP contribution in [-0.2, 0) is 14.3 Å². The van der Waals surface area contributed by atoms with Crippen molar-refractivity contribution in [1.82, 2.24) is 0 Å². The summed E-state index contributed by atoms with van der Waals surface area (Å²) >= 11 is 3.40. The van der Waals surface area contributed by atoms with Gasteiger partial charge in [-0.15, -0.1) is 0 Å². The second-order valence-electron chi connectivity index (χ2n) is 6.72. The van der Waals surface area contributed by atoms with Crippen molar-refractivity contribution in [1.29, 1.82) is 0 Å². The predicted octanol–water partition coefficient (Wildman–Crippen LogP) is 5.27. The first kappa shape index (κ1) is 20.8. The number of rotatable bonds is 5. The van der Waals surface area contributed by atoms with Crippen molar-refractivity contribution in [3.8, 4) is 11.5 Å². The molecule has 0 radical (unpaired) electrons. The Balaban J connectivity index is 1.72. The standard InChI is InChI=1S/C24H18BrNO5/c1-3-21(27)30-22-18(25)11-14(13-20(22)29-2)12-19-24(28)31-23(26-19)17-10-6-8-15-7-4-5-9-16(15)17/h4-13H,3H2,1-2H3. The van der Waals surface area contributed by atoms with Gasteiger partial charge >= 0.3 is 11.9 Å². The van der Waals surface area contributed by atoms with E-state index in [9.17, 15) is 9.59 Å². The summed E-state index contributed by atoms with van der Waals surface area (Å²) in [4.78, 5) is 28.6. The molecule has 0 fully saturated rings. The highest BCUT2D eigenvalue weighted by Gasteiger charge is 2.25. The van der Waals surface area contributed by atoms with Crippen LogP contribution < -0.4 is 9.47 Å². The van der Waals surface area contributed by atoms with Gasteiger partial charge in [-0.2, -0.15) is 0 Å². The van der Waals surface area contributed by atoms with E-state index in [0.29, 0.717) is 15.8 Å². The molecule has 156 valence electrons. The molecule has 4 rings (SSSR count). The summed E-state index contributed by atoms with van der Waals surface area (Å²) in [5.41, 5.74) is 1.54. The second kappa shape index (κ2) is 8.73. The van der Waals surface area contributed by atoms with Crippen LogP contribution in [0.15, 0.2) is 69.8 Å². The molecule has 3 aromatic rings. The highest BCUT2D eigenvalue weighted by atomic mass is 79.9. The number of ether oxygens (including phenoxy) is 3. The maximum Gasteiger partial charge on any atom is 0.363 e. The minimum atomic E-state index is -0.542. The highest BCUT2D eigenvalue weighted by Crippen LogP contribution is 2.38. The van der Waals surface area contributed by atoms with Crippen molar-refractivity contribution < 1.29 is 23.8 Å². The molecule has 7 heteroatoms. The Morgan fingerprint density at radius 1 is 1.16 bits per heavy atom. The molecule has 0 N–H and O–H groups in total. The van der Waals surface area contributed by atoms with Gasteiger partial charge in [0.15, 0.2) is 17.2 Å². The van der Waals surface area contributed by atoms with Crippen LogP contribution in [0, 0.1) is 0 Å². The largest absolute Gasteiger partial charge is 0.493 e. The van der Waals surface area contributed by atoms with E-state index in [4.69, 9.17) is 14.2 Å². The van der Waals surface area contributed by atoms with E-state index in [-0.39, 0.29) is 29.7 Å². The second-order valence-corrected chi connectivity index (χ2v) is 7.58. The summed E-state index contributed by atoms with van der Waals surface area (Å²) in [6.07, 6.45) is 1.83. The predicted molar refractivity (Wildman–Crippen MR) is 121 cm³/mol. The molecule has 1 aliphatic heterocycles. The zero-order valence-electron chi connectivity index (χ0n) is 16.8. The fraction of sp³-hybridized carbons (Fsp3) is 0.125. The molecule has 3 aromatic carbocycles. The maximum atomic E-state index is 12.5. The molecule has 1 heterocycles. The molecule has 31 heavy (non-hydrogen) atoms. The molecule has 1 aliphatic rings. The summed E-state index contributed by atoms with van der Waals surface area (Å²) in [5.74, 6) is -0.0287. The summed E-state index contributed by atoms with van der Waals surface area (Å²) in [7, 11) is 1.47. The number of hydrogen-bond donors (Lipinski definition) is 0. The first-order valence-electron chi connectivity index (χ1n) is 9.59. The van der Waals surface area contributed by atoms with Crippen LogP contribution in [0.1, 0.15) is 24.5 Å². The molecule has 6 nitrogen and oxygen atoms in total. The number of carbonyl (C=O) groups excluding carboxylic acids is 2. The molecule has 0 amide bonds. The van der Waals surface area contributed by atoms with Gasteiger partial charge in [-0.1, -0.05) is 43.3 Å². The topological polar surface area (TPSA) is 74.2 Å². The first-order valence-corrected chi connectivity index (χ1v) is 10.4. The van der Waals surface area contributed by atoms with E-state index in [1.165, 1.54) is 7.11 Å². The number of hydrogen-bond acceptors (Lipinski definition) is 6. The summed E-state index contributed by atoms with van der Waals surface area (Å²) in [6.45, 7) is 1.71. The number of methoxy groups -OCH3 is 1. The molecule has 0 saturated heterocycles. The molecule has 0 aromatic heterocycles. The van der Waals surface area contributed by atoms with Crippen LogP contribution in [-0.4, -0.2) is 24.9 Å². The number of carbonyl (C=O) groups is 2. The highest BCUT2D eigenvalue weighted by molar-refractivity contribution is 9.10. The molecular weight excluding hydrogens is 462 g/mol. The van der Waals surface area contributed by atoms with E-state index in [1.807, 2.05) is 42.5 Å². The summed E-state index contributed by atoms with van der Waals surface area (Å²) < 4.78 is 16.6. The molecule has 0 unspecified atom stereocenters. The van der Waals surface area contributed by atoms with Crippen LogP contribution >= 0.6 is 15.9 Å². The van der Waals surface area contributed by atoms with Gasteiger partial charge in [-0.3, -0.25) is 4.79 Å². The minimum Gasteiger partial charge on any atom is -0.493 e. The summed E-state index contributed by atoms with van der Waals surface area (Å²) in [5, 5.41) is 1.98. The Kier molecular flexibility index (Phi) is 5.86. The number of esters is 2. The average Bonchev–Trinajstić information content (AvgIpc) is 3.14. The van der Waals surface area contributed by atoms with E-state index in [0.717, 1.165) is 16.3 Å². The van der Waals surface area contributed by atoms with Crippen molar-refractivity contribution in [2.75, 3.05) is 7.11 Å². The zero-order chi connectivity index (χ0) is 22.0. The third-order valence-electron chi connectivity index (χ3n) is 4.70. The van der Waals surface area contributed by atoms with Crippen LogP contribution in [0.3, 0.4) is 0 Å². The quantitative estimate of drug-likeness (QED) is 0.283. The third kappa shape index (κ3) is 4.22. The first-order chi connectivity index (χ1) is 15.0. The van der Waals surface area contributed by atoms with Crippen molar-refractivity contribution in [2.45, 2.75) is 13.3 Å². The lowest BCUT2D eigenvalue weighted by Crippen LogP contribution is -2.07. The smallest absolute Gasteiger partial charge is 0.363 e. The number of halogens is 1. The van der Waals surface area contributed by atoms with Crippen molar-refractivity contribution in [3.05, 3.63) is 75.9 Å². The normalized spacial score (nSPS) is 14.5. The van der Waals surface area contributed by atoms with Crippen LogP contribution in [0.2, 0.25) is 0 Å². The molecule has 0 spiro atoms. The molecule has 0 aliphatic carbocycles. The third-order valence-corrected chi connectivity index (χ3v) is 5.29.